The summed E-state index contributed by atoms with van der Waals surface area (Å²) in [5.41, 5.74) is 1.03. The molecule has 2 aliphatic carbocycles. The van der Waals surface area contributed by atoms with E-state index in [0.717, 1.165) is 24.8 Å². The highest BCUT2D eigenvalue weighted by Crippen LogP contribution is 2.52. The van der Waals surface area contributed by atoms with Crippen LogP contribution in [0.4, 0.5) is 0 Å². The number of carbonyl (C=O) groups is 2. The highest BCUT2D eigenvalue weighted by molar-refractivity contribution is 5.86. The summed E-state index contributed by atoms with van der Waals surface area (Å²) in [6.07, 6.45) is 3.45. The molecule has 2 N–H and O–H groups in total. The van der Waals surface area contributed by atoms with E-state index >= 15 is 0 Å². The van der Waals surface area contributed by atoms with Crippen molar-refractivity contribution in [2.75, 3.05) is 20.8 Å². The minimum atomic E-state index is -0.827. The predicted octanol–water partition coefficient (Wildman–Crippen LogP) is 2.11. The van der Waals surface area contributed by atoms with E-state index in [-0.39, 0.29) is 23.7 Å². The molecule has 25 heavy (non-hydrogen) atoms. The molecule has 0 unspecified atom stereocenters. The van der Waals surface area contributed by atoms with Crippen molar-refractivity contribution >= 4 is 11.9 Å². The molecule has 2 aliphatic rings. The molecule has 1 aromatic rings. The molecular formula is C19H25NO5. The Morgan fingerprint density at radius 3 is 2.44 bits per heavy atom. The molecular weight excluding hydrogens is 322 g/mol. The molecule has 136 valence electrons. The number of methoxy groups -OCH3 is 2. The number of fused-ring (bicyclic) bond motifs is 2. The van der Waals surface area contributed by atoms with Crippen molar-refractivity contribution in [3.63, 3.8) is 0 Å². The van der Waals surface area contributed by atoms with E-state index in [4.69, 9.17) is 9.47 Å². The molecule has 0 aromatic heterocycles. The van der Waals surface area contributed by atoms with E-state index in [9.17, 15) is 14.7 Å². The molecule has 0 heterocycles. The molecule has 2 bridgehead atoms. The summed E-state index contributed by atoms with van der Waals surface area (Å²) < 4.78 is 10.5. The van der Waals surface area contributed by atoms with Crippen LogP contribution >= 0.6 is 0 Å². The van der Waals surface area contributed by atoms with E-state index in [1.54, 1.807) is 14.2 Å². The number of ether oxygens (including phenoxy) is 2. The second kappa shape index (κ2) is 7.33. The first-order chi connectivity index (χ1) is 12.0. The molecule has 0 spiro atoms. The number of hydrogen-bond acceptors (Lipinski definition) is 4. The Morgan fingerprint density at radius 1 is 1.12 bits per heavy atom. The second-order valence-electron chi connectivity index (χ2n) is 6.95. The van der Waals surface area contributed by atoms with Crippen LogP contribution in [0, 0.1) is 23.7 Å². The van der Waals surface area contributed by atoms with Crippen LogP contribution in [-0.4, -0.2) is 37.7 Å². The maximum absolute atomic E-state index is 12.5. The SMILES string of the molecule is COc1ccc(CCNC(=O)[C@H]2[C@H]3CC[C@@H](C3)[C@@H]2C(=O)O)cc1OC. The molecule has 4 atom stereocenters. The fourth-order valence-corrected chi connectivity index (χ4v) is 4.51. The number of nitrogens with one attached hydrogen (secondary N) is 1. The average molecular weight is 347 g/mol. The van der Waals surface area contributed by atoms with Gasteiger partial charge in [-0.1, -0.05) is 6.07 Å². The lowest BCUT2D eigenvalue weighted by Gasteiger charge is -2.27. The van der Waals surface area contributed by atoms with Gasteiger partial charge in [-0.2, -0.15) is 0 Å². The highest BCUT2D eigenvalue weighted by atomic mass is 16.5. The minimum Gasteiger partial charge on any atom is -0.493 e. The van der Waals surface area contributed by atoms with Crippen LogP contribution in [-0.2, 0) is 16.0 Å². The second-order valence-corrected chi connectivity index (χ2v) is 6.95. The van der Waals surface area contributed by atoms with Gasteiger partial charge in [-0.3, -0.25) is 9.59 Å². The van der Waals surface area contributed by atoms with Gasteiger partial charge in [0.25, 0.3) is 0 Å². The summed E-state index contributed by atoms with van der Waals surface area (Å²) in [5, 5.41) is 12.4. The number of carboxylic acids is 1. The van der Waals surface area contributed by atoms with Crippen molar-refractivity contribution in [2.24, 2.45) is 23.7 Å². The van der Waals surface area contributed by atoms with E-state index in [2.05, 4.69) is 5.32 Å². The number of rotatable bonds is 7. The quantitative estimate of drug-likeness (QED) is 0.789. The topological polar surface area (TPSA) is 84.9 Å². The lowest BCUT2D eigenvalue weighted by Crippen LogP contribution is -2.41. The zero-order valence-electron chi connectivity index (χ0n) is 14.7. The van der Waals surface area contributed by atoms with Crippen LogP contribution in [0.3, 0.4) is 0 Å². The van der Waals surface area contributed by atoms with Crippen LogP contribution in [0.5, 0.6) is 11.5 Å². The van der Waals surface area contributed by atoms with Crippen molar-refractivity contribution in [3.8, 4) is 11.5 Å². The maximum atomic E-state index is 12.5. The third-order valence-corrected chi connectivity index (χ3v) is 5.67. The molecule has 2 fully saturated rings. The molecule has 1 aromatic carbocycles. The number of carbonyl (C=O) groups excluding carboxylic acids is 1. The molecule has 0 saturated heterocycles. The van der Waals surface area contributed by atoms with E-state index in [1.807, 2.05) is 18.2 Å². The molecule has 6 heteroatoms. The van der Waals surface area contributed by atoms with Gasteiger partial charge < -0.3 is 19.9 Å². The predicted molar refractivity (Wildman–Crippen MR) is 91.7 cm³/mol. The van der Waals surface area contributed by atoms with Crippen molar-refractivity contribution < 1.29 is 24.2 Å². The molecule has 1 amide bonds. The number of benzene rings is 1. The van der Waals surface area contributed by atoms with Gasteiger partial charge in [0.05, 0.1) is 26.1 Å². The highest BCUT2D eigenvalue weighted by Gasteiger charge is 2.53. The Bertz CT molecular complexity index is 659. The third-order valence-electron chi connectivity index (χ3n) is 5.67. The van der Waals surface area contributed by atoms with Gasteiger partial charge in [-0.25, -0.2) is 0 Å². The standard InChI is InChI=1S/C19H25NO5/c1-24-14-6-3-11(9-15(14)25-2)7-8-20-18(21)16-12-4-5-13(10-12)17(16)19(22)23/h3,6,9,12-13,16-17H,4-5,7-8,10H2,1-2H3,(H,20,21)(H,22,23)/t12-,13-,16-,17-/m0/s1. The Kier molecular flexibility index (Phi) is 5.16. The van der Waals surface area contributed by atoms with Crippen molar-refractivity contribution in [1.82, 2.24) is 5.32 Å². The molecule has 0 radical (unpaired) electrons. The first-order valence-electron chi connectivity index (χ1n) is 8.76. The van der Waals surface area contributed by atoms with Crippen LogP contribution in [0.1, 0.15) is 24.8 Å². The van der Waals surface area contributed by atoms with Gasteiger partial charge in [0.15, 0.2) is 11.5 Å². The van der Waals surface area contributed by atoms with Crippen LogP contribution in [0.2, 0.25) is 0 Å². The maximum Gasteiger partial charge on any atom is 0.307 e. The Labute approximate surface area is 147 Å². The summed E-state index contributed by atoms with van der Waals surface area (Å²) in [4.78, 5) is 24.1. The van der Waals surface area contributed by atoms with Crippen molar-refractivity contribution in [3.05, 3.63) is 23.8 Å². The Morgan fingerprint density at radius 2 is 1.80 bits per heavy atom. The third kappa shape index (κ3) is 3.43. The van der Waals surface area contributed by atoms with Gasteiger partial charge in [0, 0.05) is 6.54 Å². The fourth-order valence-electron chi connectivity index (χ4n) is 4.51. The number of aliphatic carboxylic acids is 1. The van der Waals surface area contributed by atoms with E-state index < -0.39 is 11.9 Å². The van der Waals surface area contributed by atoms with Crippen molar-refractivity contribution in [2.45, 2.75) is 25.7 Å². The van der Waals surface area contributed by atoms with Crippen molar-refractivity contribution in [1.29, 1.82) is 0 Å². The smallest absolute Gasteiger partial charge is 0.307 e. The van der Waals surface area contributed by atoms with E-state index in [0.29, 0.717) is 24.5 Å². The van der Waals surface area contributed by atoms with Crippen LogP contribution in [0.25, 0.3) is 0 Å². The largest absolute Gasteiger partial charge is 0.493 e. The molecule has 0 aliphatic heterocycles. The van der Waals surface area contributed by atoms with Gasteiger partial charge in [-0.05, 0) is 55.2 Å². The normalized spacial score (nSPS) is 27.1. The zero-order valence-corrected chi connectivity index (χ0v) is 14.7. The van der Waals surface area contributed by atoms with Crippen LogP contribution in [0.15, 0.2) is 18.2 Å². The van der Waals surface area contributed by atoms with Gasteiger partial charge >= 0.3 is 5.97 Å². The average Bonchev–Trinajstić information content (AvgIpc) is 3.22. The van der Waals surface area contributed by atoms with Gasteiger partial charge in [-0.15, -0.1) is 0 Å². The lowest BCUT2D eigenvalue weighted by molar-refractivity contribution is -0.149. The first-order valence-corrected chi connectivity index (χ1v) is 8.76. The summed E-state index contributed by atoms with van der Waals surface area (Å²) in [6.45, 7) is 0.481. The summed E-state index contributed by atoms with van der Waals surface area (Å²) in [6, 6.07) is 5.67. The molecule has 2 saturated carbocycles. The number of carboxylic acid groups (broad SMARTS) is 1. The summed E-state index contributed by atoms with van der Waals surface area (Å²) >= 11 is 0. The number of amides is 1. The minimum absolute atomic E-state index is 0.111. The lowest BCUT2D eigenvalue weighted by atomic mass is 9.78. The molecule has 3 rings (SSSR count). The number of hydrogen-bond donors (Lipinski definition) is 2. The Hall–Kier alpha value is -2.24. The van der Waals surface area contributed by atoms with Gasteiger partial charge in [0.1, 0.15) is 0 Å². The van der Waals surface area contributed by atoms with Crippen LogP contribution < -0.4 is 14.8 Å². The molecule has 6 nitrogen and oxygen atoms in total. The summed E-state index contributed by atoms with van der Waals surface area (Å²) in [7, 11) is 3.18. The first kappa shape index (κ1) is 17.6. The monoisotopic (exact) mass is 347 g/mol. The van der Waals surface area contributed by atoms with E-state index in [1.165, 1.54) is 0 Å². The Balaban J connectivity index is 1.57. The fraction of sp³-hybridized carbons (Fsp3) is 0.579. The zero-order chi connectivity index (χ0) is 18.0. The van der Waals surface area contributed by atoms with Gasteiger partial charge in [0.2, 0.25) is 5.91 Å². The summed E-state index contributed by atoms with van der Waals surface area (Å²) in [5.74, 6) is -0.1000.